The van der Waals surface area contributed by atoms with Crippen LogP contribution in [0.5, 0.6) is 5.75 Å². The second-order valence-corrected chi connectivity index (χ2v) is 8.29. The number of quaternary nitrogens is 1. The number of methoxy groups -OCH3 is 1. The summed E-state index contributed by atoms with van der Waals surface area (Å²) in [4.78, 5) is 21.2. The van der Waals surface area contributed by atoms with Gasteiger partial charge in [0.05, 0.1) is 30.7 Å². The van der Waals surface area contributed by atoms with E-state index >= 15 is 0 Å². The summed E-state index contributed by atoms with van der Waals surface area (Å²) in [5.74, 6) is 0.911. The minimum Gasteiger partial charge on any atom is -0.489 e. The van der Waals surface area contributed by atoms with Crippen LogP contribution < -0.4 is 4.74 Å². The summed E-state index contributed by atoms with van der Waals surface area (Å²) in [6.07, 6.45) is 5.11. The van der Waals surface area contributed by atoms with E-state index < -0.39 is 5.97 Å². The molecule has 2 heterocycles. The number of benzene rings is 3. The van der Waals surface area contributed by atoms with Crippen LogP contribution in [-0.2, 0) is 11.3 Å². The van der Waals surface area contributed by atoms with E-state index in [1.807, 2.05) is 60.7 Å². The number of esters is 1. The van der Waals surface area contributed by atoms with Crippen LogP contribution >= 0.6 is 11.8 Å². The predicted molar refractivity (Wildman–Crippen MR) is 132 cm³/mol. The van der Waals surface area contributed by atoms with Gasteiger partial charge in [-0.25, -0.2) is 4.79 Å². The molecule has 1 unspecified atom stereocenters. The highest BCUT2D eigenvalue weighted by atomic mass is 35.5. The summed E-state index contributed by atoms with van der Waals surface area (Å²) < 4.78 is 10.7. The molecule has 34 heavy (non-hydrogen) atoms. The van der Waals surface area contributed by atoms with Crippen LogP contribution in [0.1, 0.15) is 27.0 Å². The van der Waals surface area contributed by atoms with Gasteiger partial charge in [0.25, 0.3) is 5.84 Å². The first-order chi connectivity index (χ1) is 16.6. The van der Waals surface area contributed by atoms with Crippen LogP contribution in [0.15, 0.2) is 107 Å². The summed E-state index contributed by atoms with van der Waals surface area (Å²) >= 11 is 7.11. The highest BCUT2D eigenvalue weighted by Gasteiger charge is 2.46. The van der Waals surface area contributed by atoms with Crippen molar-refractivity contribution in [3.63, 3.8) is 0 Å². The minimum absolute atomic E-state index is 0.163. The molecule has 0 N–H and O–H groups in total. The fourth-order valence-electron chi connectivity index (χ4n) is 3.89. The number of allylic oxidation sites excluding steroid dienone is 1. The quantitative estimate of drug-likeness (QED) is 0.342. The van der Waals surface area contributed by atoms with Crippen molar-refractivity contribution in [1.29, 1.82) is 0 Å². The molecule has 0 amide bonds. The Bertz CT molecular complexity index is 1380. The van der Waals surface area contributed by atoms with E-state index in [-0.39, 0.29) is 4.00 Å². The maximum absolute atomic E-state index is 12.1. The second-order valence-electron chi connectivity index (χ2n) is 7.76. The molecule has 3 aromatic rings. The summed E-state index contributed by atoms with van der Waals surface area (Å²) in [6.45, 7) is 0.458. The Hall–Kier alpha value is -4.00. The van der Waals surface area contributed by atoms with Crippen molar-refractivity contribution < 1.29 is 18.3 Å². The monoisotopic (exact) mass is 470 g/mol. The van der Waals surface area contributed by atoms with E-state index in [0.717, 1.165) is 16.7 Å². The summed E-state index contributed by atoms with van der Waals surface area (Å²) in [5, 5.41) is 0. The number of carbonyl (C=O) groups excluding carboxylic acids is 1. The molecule has 7 heteroatoms. The third kappa shape index (κ3) is 4.05. The van der Waals surface area contributed by atoms with Gasteiger partial charge in [0, 0.05) is 5.56 Å². The number of hydrogen-bond donors (Lipinski definition) is 0. The molecule has 0 saturated carbocycles. The van der Waals surface area contributed by atoms with Gasteiger partial charge in [0.15, 0.2) is 11.8 Å². The zero-order valence-electron chi connectivity index (χ0n) is 18.4. The topological polar surface area (TPSA) is 60.2 Å². The number of aliphatic imine (C=N–C) groups is 2. The minimum atomic E-state index is -0.415. The van der Waals surface area contributed by atoms with E-state index in [4.69, 9.17) is 26.2 Å². The Kier molecular flexibility index (Phi) is 5.84. The molecular weight excluding hydrogens is 450 g/mol. The number of ether oxygens (including phenoxy) is 2. The molecule has 0 radical (unpaired) electrons. The fraction of sp³-hybridized carbons (Fsp3) is 0.0741. The van der Waals surface area contributed by atoms with Crippen molar-refractivity contribution in [2.45, 2.75) is 6.61 Å². The van der Waals surface area contributed by atoms with Crippen molar-refractivity contribution >= 4 is 35.5 Å². The number of halogens is 1. The Labute approximate surface area is 202 Å². The first-order valence-electron chi connectivity index (χ1n) is 10.7. The van der Waals surface area contributed by atoms with Gasteiger partial charge in [0.2, 0.25) is 5.70 Å². The number of nitrogens with zero attached hydrogens (tertiary/aromatic N) is 3. The smallest absolute Gasteiger partial charge is 0.337 e. The van der Waals surface area contributed by atoms with Crippen molar-refractivity contribution in [2.24, 2.45) is 9.98 Å². The molecule has 5 rings (SSSR count). The van der Waals surface area contributed by atoms with Crippen molar-refractivity contribution in [3.8, 4) is 5.75 Å². The Balaban J connectivity index is 1.51. The number of carbonyl (C=O) groups is 1. The lowest BCUT2D eigenvalue weighted by Crippen LogP contribution is -2.37. The van der Waals surface area contributed by atoms with Gasteiger partial charge in [-0.15, -0.1) is 4.00 Å². The summed E-state index contributed by atoms with van der Waals surface area (Å²) in [5.41, 5.74) is 4.41. The molecule has 2 aliphatic heterocycles. The first-order valence-corrected chi connectivity index (χ1v) is 11.0. The zero-order chi connectivity index (χ0) is 23.5. The lowest BCUT2D eigenvalue weighted by Gasteiger charge is -2.23. The van der Waals surface area contributed by atoms with Gasteiger partial charge in [-0.2, -0.15) is 4.99 Å². The average molecular weight is 471 g/mol. The number of fused-ring (bicyclic) bond motifs is 1. The van der Waals surface area contributed by atoms with Gasteiger partial charge >= 0.3 is 5.97 Å². The zero-order valence-corrected chi connectivity index (χ0v) is 19.1. The van der Waals surface area contributed by atoms with E-state index in [1.165, 1.54) is 7.11 Å². The van der Waals surface area contributed by atoms with Gasteiger partial charge in [0.1, 0.15) is 24.3 Å². The van der Waals surface area contributed by atoms with Crippen molar-refractivity contribution in [2.75, 3.05) is 7.11 Å². The molecule has 0 fully saturated rings. The Morgan fingerprint density at radius 1 is 0.971 bits per heavy atom. The van der Waals surface area contributed by atoms with Crippen LogP contribution in [0.2, 0.25) is 0 Å². The van der Waals surface area contributed by atoms with Gasteiger partial charge in [-0.1, -0.05) is 48.5 Å². The van der Waals surface area contributed by atoms with Gasteiger partial charge < -0.3 is 9.47 Å². The molecule has 0 saturated heterocycles. The van der Waals surface area contributed by atoms with Crippen LogP contribution in [-0.4, -0.2) is 29.1 Å². The maximum atomic E-state index is 12.1. The van der Waals surface area contributed by atoms with E-state index in [2.05, 4.69) is 4.99 Å². The summed E-state index contributed by atoms with van der Waals surface area (Å²) in [6, 6.07) is 24.8. The Morgan fingerprint density at radius 3 is 2.59 bits per heavy atom. The van der Waals surface area contributed by atoms with E-state index in [0.29, 0.717) is 35.1 Å². The lowest BCUT2D eigenvalue weighted by atomic mass is 10.1. The largest absolute Gasteiger partial charge is 0.489 e. The average Bonchev–Trinajstić information content (AvgIpc) is 3.21. The molecule has 0 aromatic heterocycles. The van der Waals surface area contributed by atoms with Crippen LogP contribution in [0.4, 0.5) is 0 Å². The second kappa shape index (κ2) is 9.09. The van der Waals surface area contributed by atoms with Gasteiger partial charge in [-0.05, 0) is 35.9 Å². The molecule has 3 aromatic carbocycles. The molecule has 2 aliphatic rings. The third-order valence-corrected chi connectivity index (χ3v) is 6.03. The lowest BCUT2D eigenvalue weighted by molar-refractivity contribution is -0.599. The molecule has 1 atom stereocenters. The molecule has 0 aliphatic carbocycles. The molecular formula is C27H21ClN3O3+. The van der Waals surface area contributed by atoms with E-state index in [9.17, 15) is 4.79 Å². The maximum Gasteiger partial charge on any atom is 0.337 e. The highest BCUT2D eigenvalue weighted by Crippen LogP contribution is 2.41. The SMILES string of the molecule is COC(=O)c1cccc(C2=C3C=NC=C[N+]3(Cl)C(c3cccc(OCc4ccccc4)c3)=N2)c1. The molecule has 168 valence electrons. The molecule has 0 spiro atoms. The molecule has 0 bridgehead atoms. The van der Waals surface area contributed by atoms with E-state index in [1.54, 1.807) is 36.8 Å². The fourth-order valence-corrected chi connectivity index (χ4v) is 4.20. The number of rotatable bonds is 6. The van der Waals surface area contributed by atoms with Crippen molar-refractivity contribution in [3.05, 3.63) is 119 Å². The highest BCUT2D eigenvalue weighted by molar-refractivity contribution is 6.22. The van der Waals surface area contributed by atoms with Crippen molar-refractivity contribution in [1.82, 2.24) is 0 Å². The number of amidine groups is 1. The number of hydrogen-bond acceptors (Lipinski definition) is 5. The Morgan fingerprint density at radius 2 is 1.76 bits per heavy atom. The third-order valence-electron chi connectivity index (χ3n) is 5.57. The normalized spacial score (nSPS) is 18.5. The predicted octanol–water partition coefficient (Wildman–Crippen LogP) is 5.71. The van der Waals surface area contributed by atoms with Crippen LogP contribution in [0.25, 0.3) is 5.70 Å². The summed E-state index contributed by atoms with van der Waals surface area (Å²) in [7, 11) is 1.36. The molecule has 6 nitrogen and oxygen atoms in total. The van der Waals surface area contributed by atoms with Gasteiger partial charge in [-0.3, -0.25) is 4.99 Å². The standard InChI is InChI=1S/C27H21ClN3O3/c1-33-27(32)22-11-5-9-20(15-22)25-24-17-29-13-14-31(24,28)26(30-25)21-10-6-12-23(16-21)34-18-19-7-3-2-4-8-19/h2-17H,18H2,1H3/q+1. The van der Waals surface area contributed by atoms with Crippen LogP contribution in [0.3, 0.4) is 0 Å². The first kappa shape index (κ1) is 21.8. The van der Waals surface area contributed by atoms with Crippen LogP contribution in [0, 0.1) is 0 Å².